The molecule has 0 saturated heterocycles. The summed E-state index contributed by atoms with van der Waals surface area (Å²) in [5.74, 6) is 2.59. The van der Waals surface area contributed by atoms with E-state index in [-0.39, 0.29) is 0 Å². The molecular formula is C16H28N4. The number of aromatic nitrogens is 2. The third-order valence-corrected chi connectivity index (χ3v) is 4.00. The van der Waals surface area contributed by atoms with Crippen molar-refractivity contribution in [1.29, 1.82) is 0 Å². The second kappa shape index (κ2) is 7.46. The molecule has 1 saturated carbocycles. The van der Waals surface area contributed by atoms with Gasteiger partial charge in [-0.15, -0.1) is 0 Å². The fraction of sp³-hybridized carbons (Fsp3) is 0.750. The molecule has 0 radical (unpaired) electrons. The van der Waals surface area contributed by atoms with Crippen molar-refractivity contribution in [3.63, 3.8) is 0 Å². The molecule has 1 fully saturated rings. The van der Waals surface area contributed by atoms with Gasteiger partial charge in [0, 0.05) is 24.3 Å². The van der Waals surface area contributed by atoms with Gasteiger partial charge in [0.05, 0.1) is 0 Å². The van der Waals surface area contributed by atoms with Crippen molar-refractivity contribution in [3.05, 3.63) is 11.8 Å². The number of rotatable bonds is 5. The highest BCUT2D eigenvalue weighted by Crippen LogP contribution is 2.24. The molecular weight excluding hydrogens is 248 g/mol. The highest BCUT2D eigenvalue weighted by atomic mass is 15.1. The Morgan fingerprint density at radius 2 is 2.05 bits per heavy atom. The minimum Gasteiger partial charge on any atom is -0.367 e. The van der Waals surface area contributed by atoms with E-state index >= 15 is 0 Å². The maximum Gasteiger partial charge on any atom is 0.224 e. The maximum absolute atomic E-state index is 4.58. The first-order valence-electron chi connectivity index (χ1n) is 8.03. The highest BCUT2D eigenvalue weighted by molar-refractivity contribution is 5.42. The van der Waals surface area contributed by atoms with E-state index in [1.54, 1.807) is 0 Å². The normalized spacial score (nSPS) is 23.1. The van der Waals surface area contributed by atoms with Crippen LogP contribution in [-0.4, -0.2) is 22.6 Å². The van der Waals surface area contributed by atoms with Crippen molar-refractivity contribution in [1.82, 2.24) is 9.97 Å². The van der Waals surface area contributed by atoms with Crippen LogP contribution in [0.25, 0.3) is 0 Å². The van der Waals surface area contributed by atoms with Crippen molar-refractivity contribution in [2.75, 3.05) is 17.2 Å². The summed E-state index contributed by atoms with van der Waals surface area (Å²) < 4.78 is 0. The molecule has 20 heavy (non-hydrogen) atoms. The molecule has 2 unspecified atom stereocenters. The first-order chi connectivity index (χ1) is 9.67. The number of hydrogen-bond acceptors (Lipinski definition) is 4. The van der Waals surface area contributed by atoms with Crippen LogP contribution >= 0.6 is 0 Å². The molecule has 1 heterocycles. The lowest BCUT2D eigenvalue weighted by molar-refractivity contribution is 0.502. The zero-order valence-electron chi connectivity index (χ0n) is 13.1. The number of nitrogens with one attached hydrogen (secondary N) is 2. The Morgan fingerprint density at radius 1 is 1.20 bits per heavy atom. The van der Waals surface area contributed by atoms with E-state index in [1.165, 1.54) is 32.1 Å². The zero-order valence-corrected chi connectivity index (χ0v) is 13.1. The molecule has 112 valence electrons. The van der Waals surface area contributed by atoms with Crippen LogP contribution < -0.4 is 10.6 Å². The van der Waals surface area contributed by atoms with E-state index in [2.05, 4.69) is 34.4 Å². The van der Waals surface area contributed by atoms with E-state index in [0.29, 0.717) is 6.04 Å². The minimum absolute atomic E-state index is 0.563. The maximum atomic E-state index is 4.58. The molecule has 0 amide bonds. The highest BCUT2D eigenvalue weighted by Gasteiger charge is 2.16. The fourth-order valence-corrected chi connectivity index (χ4v) is 2.80. The van der Waals surface area contributed by atoms with Crippen molar-refractivity contribution < 1.29 is 0 Å². The van der Waals surface area contributed by atoms with E-state index in [4.69, 9.17) is 0 Å². The molecule has 1 aliphatic rings. The van der Waals surface area contributed by atoms with Gasteiger partial charge in [0.25, 0.3) is 0 Å². The Bertz CT molecular complexity index is 419. The molecule has 2 N–H and O–H groups in total. The largest absolute Gasteiger partial charge is 0.367 e. The molecule has 0 bridgehead atoms. The smallest absolute Gasteiger partial charge is 0.224 e. The topological polar surface area (TPSA) is 49.8 Å². The number of nitrogens with zero attached hydrogens (tertiary/aromatic N) is 2. The molecule has 0 aliphatic heterocycles. The lowest BCUT2D eigenvalue weighted by Crippen LogP contribution is -2.20. The Morgan fingerprint density at radius 3 is 2.85 bits per heavy atom. The average Bonchev–Trinajstić information content (AvgIpc) is 2.61. The van der Waals surface area contributed by atoms with Gasteiger partial charge in [0.15, 0.2) is 0 Å². The monoisotopic (exact) mass is 276 g/mol. The molecule has 1 aliphatic carbocycles. The lowest BCUT2D eigenvalue weighted by atomic mass is 10.0. The average molecular weight is 276 g/mol. The molecule has 0 spiro atoms. The number of anilines is 2. The second-order valence-electron chi connectivity index (χ2n) is 6.10. The fourth-order valence-electron chi connectivity index (χ4n) is 2.80. The van der Waals surface area contributed by atoms with Gasteiger partial charge < -0.3 is 10.6 Å². The van der Waals surface area contributed by atoms with Crippen LogP contribution in [-0.2, 0) is 0 Å². The van der Waals surface area contributed by atoms with Crippen LogP contribution in [0.1, 0.15) is 58.1 Å². The van der Waals surface area contributed by atoms with E-state index in [9.17, 15) is 0 Å². The summed E-state index contributed by atoms with van der Waals surface area (Å²) in [7, 11) is 0. The van der Waals surface area contributed by atoms with Crippen molar-refractivity contribution in [3.8, 4) is 0 Å². The molecule has 1 aromatic heterocycles. The van der Waals surface area contributed by atoms with E-state index in [1.807, 2.05) is 13.0 Å². The summed E-state index contributed by atoms with van der Waals surface area (Å²) in [6.45, 7) is 7.46. The van der Waals surface area contributed by atoms with Gasteiger partial charge in [0.2, 0.25) is 5.95 Å². The Balaban J connectivity index is 1.98. The predicted molar refractivity (Wildman–Crippen MR) is 85.2 cm³/mol. The lowest BCUT2D eigenvalue weighted by Gasteiger charge is -2.18. The van der Waals surface area contributed by atoms with Crippen LogP contribution in [0, 0.1) is 12.8 Å². The number of aryl methyl sites for hydroxylation is 1. The minimum atomic E-state index is 0.563. The van der Waals surface area contributed by atoms with Crippen LogP contribution in [0.4, 0.5) is 11.8 Å². The quantitative estimate of drug-likeness (QED) is 0.798. The number of hydrogen-bond donors (Lipinski definition) is 2. The van der Waals surface area contributed by atoms with Crippen LogP contribution in [0.2, 0.25) is 0 Å². The third-order valence-electron chi connectivity index (χ3n) is 4.00. The van der Waals surface area contributed by atoms with Crippen molar-refractivity contribution in [2.24, 2.45) is 5.92 Å². The molecule has 2 atom stereocenters. The first-order valence-corrected chi connectivity index (χ1v) is 8.03. The second-order valence-corrected chi connectivity index (χ2v) is 6.10. The van der Waals surface area contributed by atoms with E-state index < -0.39 is 0 Å². The van der Waals surface area contributed by atoms with Gasteiger partial charge >= 0.3 is 0 Å². The zero-order chi connectivity index (χ0) is 14.4. The summed E-state index contributed by atoms with van der Waals surface area (Å²) in [4.78, 5) is 9.01. The summed E-state index contributed by atoms with van der Waals surface area (Å²) in [6.07, 6.45) is 7.60. The van der Waals surface area contributed by atoms with Gasteiger partial charge in [-0.3, -0.25) is 0 Å². The molecule has 2 rings (SSSR count). The van der Waals surface area contributed by atoms with Crippen LogP contribution in [0.3, 0.4) is 0 Å². The van der Waals surface area contributed by atoms with Gasteiger partial charge in [0.1, 0.15) is 5.82 Å². The van der Waals surface area contributed by atoms with Gasteiger partial charge in [-0.25, -0.2) is 4.98 Å². The Kier molecular flexibility index (Phi) is 5.62. The molecule has 4 nitrogen and oxygen atoms in total. The molecule has 4 heteroatoms. The standard InChI is InChI=1S/C16H28N4/c1-4-10-17-16-18-13(3)11-15(20-16)19-14-7-5-6-12(2)8-9-14/h11-12,14H,4-10H2,1-3H3,(H2,17,18,19,20). The van der Waals surface area contributed by atoms with E-state index in [0.717, 1.165) is 36.3 Å². The van der Waals surface area contributed by atoms with Crippen LogP contribution in [0.15, 0.2) is 6.07 Å². The molecule has 0 aromatic carbocycles. The third kappa shape index (κ3) is 4.66. The summed E-state index contributed by atoms with van der Waals surface area (Å²) in [5, 5.41) is 6.88. The van der Waals surface area contributed by atoms with Crippen LogP contribution in [0.5, 0.6) is 0 Å². The molecule has 1 aromatic rings. The first kappa shape index (κ1) is 15.1. The van der Waals surface area contributed by atoms with Crippen molar-refractivity contribution >= 4 is 11.8 Å². The Hall–Kier alpha value is -1.32. The van der Waals surface area contributed by atoms with Gasteiger partial charge in [-0.2, -0.15) is 4.98 Å². The van der Waals surface area contributed by atoms with Crippen molar-refractivity contribution in [2.45, 2.75) is 65.3 Å². The van der Waals surface area contributed by atoms with Gasteiger partial charge in [-0.1, -0.05) is 26.7 Å². The summed E-state index contributed by atoms with van der Waals surface area (Å²) >= 11 is 0. The summed E-state index contributed by atoms with van der Waals surface area (Å²) in [6, 6.07) is 2.61. The predicted octanol–water partition coefficient (Wildman–Crippen LogP) is 3.99. The Labute approximate surface area is 122 Å². The SMILES string of the molecule is CCCNc1nc(C)cc(NC2CCCC(C)CC2)n1. The summed E-state index contributed by atoms with van der Waals surface area (Å²) in [5.41, 5.74) is 1.02. The van der Waals surface area contributed by atoms with Gasteiger partial charge in [-0.05, 0) is 38.5 Å².